The molecule has 0 radical (unpaired) electrons. The van der Waals surface area contributed by atoms with E-state index in [1.54, 1.807) is 0 Å². The van der Waals surface area contributed by atoms with Crippen LogP contribution in [0.5, 0.6) is 0 Å². The van der Waals surface area contributed by atoms with E-state index < -0.39 is 0 Å². The van der Waals surface area contributed by atoms with E-state index in [9.17, 15) is 0 Å². The summed E-state index contributed by atoms with van der Waals surface area (Å²) >= 11 is 0. The SMILES string of the molecule is CC(C)N1CCOC(C(N)C2CCCOC2)C1. The first kappa shape index (κ1) is 13.3. The molecule has 0 amide bonds. The van der Waals surface area contributed by atoms with Crippen molar-refractivity contribution in [3.63, 3.8) is 0 Å². The molecule has 0 spiro atoms. The molecule has 2 heterocycles. The van der Waals surface area contributed by atoms with Crippen LogP contribution in [0.25, 0.3) is 0 Å². The Morgan fingerprint density at radius 2 is 2.12 bits per heavy atom. The van der Waals surface area contributed by atoms with Crippen molar-refractivity contribution in [2.24, 2.45) is 11.7 Å². The highest BCUT2D eigenvalue weighted by Crippen LogP contribution is 2.22. The number of hydrogen-bond acceptors (Lipinski definition) is 4. The molecular formula is C13H26N2O2. The summed E-state index contributed by atoms with van der Waals surface area (Å²) in [5.41, 5.74) is 6.35. The summed E-state index contributed by atoms with van der Waals surface area (Å²) in [5.74, 6) is 0.473. The van der Waals surface area contributed by atoms with E-state index in [0.717, 1.165) is 39.3 Å². The Morgan fingerprint density at radius 3 is 2.76 bits per heavy atom. The lowest BCUT2D eigenvalue weighted by molar-refractivity contribution is -0.0708. The highest BCUT2D eigenvalue weighted by atomic mass is 16.5. The molecular weight excluding hydrogens is 216 g/mol. The predicted octanol–water partition coefficient (Wildman–Crippen LogP) is 0.849. The van der Waals surface area contributed by atoms with Crippen molar-refractivity contribution in [1.82, 2.24) is 4.90 Å². The summed E-state index contributed by atoms with van der Waals surface area (Å²) in [6.07, 6.45) is 2.50. The maximum atomic E-state index is 6.35. The van der Waals surface area contributed by atoms with Gasteiger partial charge in [-0.25, -0.2) is 0 Å². The van der Waals surface area contributed by atoms with Crippen molar-refractivity contribution >= 4 is 0 Å². The van der Waals surface area contributed by atoms with E-state index in [1.807, 2.05) is 0 Å². The molecule has 3 atom stereocenters. The van der Waals surface area contributed by atoms with Crippen molar-refractivity contribution in [1.29, 1.82) is 0 Å². The average Bonchev–Trinajstić information content (AvgIpc) is 2.39. The second-order valence-electron chi connectivity index (χ2n) is 5.55. The number of morpholine rings is 1. The zero-order valence-corrected chi connectivity index (χ0v) is 11.1. The van der Waals surface area contributed by atoms with Crippen molar-refractivity contribution in [2.75, 3.05) is 32.9 Å². The molecule has 2 aliphatic rings. The van der Waals surface area contributed by atoms with Gasteiger partial charge in [-0.3, -0.25) is 4.90 Å². The van der Waals surface area contributed by atoms with Gasteiger partial charge in [0, 0.05) is 37.7 Å². The van der Waals surface area contributed by atoms with Crippen molar-refractivity contribution in [3.05, 3.63) is 0 Å². The highest BCUT2D eigenvalue weighted by Gasteiger charge is 2.32. The Balaban J connectivity index is 1.87. The van der Waals surface area contributed by atoms with Crippen LogP contribution in [0.15, 0.2) is 0 Å². The summed E-state index contributed by atoms with van der Waals surface area (Å²) in [6, 6.07) is 0.702. The highest BCUT2D eigenvalue weighted by molar-refractivity contribution is 4.87. The van der Waals surface area contributed by atoms with E-state index >= 15 is 0 Å². The van der Waals surface area contributed by atoms with Gasteiger partial charge in [0.1, 0.15) is 0 Å². The van der Waals surface area contributed by atoms with Crippen LogP contribution in [-0.4, -0.2) is 56.0 Å². The normalized spacial score (nSPS) is 33.9. The standard InChI is InChI=1S/C13H26N2O2/c1-10(2)15-5-7-17-12(8-15)13(14)11-4-3-6-16-9-11/h10-13H,3-9,14H2,1-2H3. The molecule has 3 unspecified atom stereocenters. The second-order valence-corrected chi connectivity index (χ2v) is 5.55. The first-order valence-electron chi connectivity index (χ1n) is 6.87. The molecule has 4 heteroatoms. The minimum Gasteiger partial charge on any atom is -0.381 e. The van der Waals surface area contributed by atoms with Crippen LogP contribution in [-0.2, 0) is 9.47 Å². The largest absolute Gasteiger partial charge is 0.381 e. The van der Waals surface area contributed by atoms with Crippen molar-refractivity contribution in [2.45, 2.75) is 44.9 Å². The zero-order chi connectivity index (χ0) is 12.3. The predicted molar refractivity (Wildman–Crippen MR) is 68.0 cm³/mol. The molecule has 0 saturated carbocycles. The molecule has 0 aromatic carbocycles. The number of nitrogens with two attached hydrogens (primary N) is 1. The summed E-state index contributed by atoms with van der Waals surface area (Å²) in [6.45, 7) is 8.98. The molecule has 2 rings (SSSR count). The third-order valence-corrected chi connectivity index (χ3v) is 4.02. The Morgan fingerprint density at radius 1 is 1.29 bits per heavy atom. The van der Waals surface area contributed by atoms with Crippen LogP contribution in [0.4, 0.5) is 0 Å². The van der Waals surface area contributed by atoms with Crippen LogP contribution >= 0.6 is 0 Å². The van der Waals surface area contributed by atoms with E-state index in [-0.39, 0.29) is 12.1 Å². The Hall–Kier alpha value is -0.160. The van der Waals surface area contributed by atoms with Gasteiger partial charge in [0.2, 0.25) is 0 Å². The van der Waals surface area contributed by atoms with Crippen LogP contribution in [0, 0.1) is 5.92 Å². The van der Waals surface area contributed by atoms with Crippen LogP contribution in [0.1, 0.15) is 26.7 Å². The van der Waals surface area contributed by atoms with Gasteiger partial charge < -0.3 is 15.2 Å². The summed E-state index contributed by atoms with van der Waals surface area (Å²) in [5, 5.41) is 0. The van der Waals surface area contributed by atoms with Gasteiger partial charge in [-0.15, -0.1) is 0 Å². The van der Waals surface area contributed by atoms with Gasteiger partial charge in [0.05, 0.1) is 19.3 Å². The number of hydrogen-bond donors (Lipinski definition) is 1. The second kappa shape index (κ2) is 6.14. The first-order valence-corrected chi connectivity index (χ1v) is 6.87. The third kappa shape index (κ3) is 3.41. The number of ether oxygens (including phenoxy) is 2. The van der Waals surface area contributed by atoms with E-state index in [4.69, 9.17) is 15.2 Å². The Labute approximate surface area is 104 Å². The zero-order valence-electron chi connectivity index (χ0n) is 11.1. The smallest absolute Gasteiger partial charge is 0.0856 e. The lowest BCUT2D eigenvalue weighted by atomic mass is 9.90. The van der Waals surface area contributed by atoms with Crippen LogP contribution < -0.4 is 5.73 Å². The van der Waals surface area contributed by atoms with Crippen molar-refractivity contribution in [3.8, 4) is 0 Å². The topological polar surface area (TPSA) is 47.7 Å². The van der Waals surface area contributed by atoms with E-state index in [1.165, 1.54) is 6.42 Å². The molecule has 0 aromatic rings. The maximum Gasteiger partial charge on any atom is 0.0856 e. The van der Waals surface area contributed by atoms with E-state index in [0.29, 0.717) is 12.0 Å². The first-order chi connectivity index (χ1) is 8.18. The lowest BCUT2D eigenvalue weighted by Crippen LogP contribution is -2.55. The molecule has 0 aromatic heterocycles. The quantitative estimate of drug-likeness (QED) is 0.797. The summed E-state index contributed by atoms with van der Waals surface area (Å²) in [7, 11) is 0. The minimum absolute atomic E-state index is 0.122. The number of nitrogens with zero attached hydrogens (tertiary/aromatic N) is 1. The van der Waals surface area contributed by atoms with E-state index in [2.05, 4.69) is 18.7 Å². The molecule has 2 aliphatic heterocycles. The fraction of sp³-hybridized carbons (Fsp3) is 1.00. The molecule has 2 fully saturated rings. The van der Waals surface area contributed by atoms with Gasteiger partial charge in [0.25, 0.3) is 0 Å². The maximum absolute atomic E-state index is 6.35. The molecule has 100 valence electrons. The fourth-order valence-electron chi connectivity index (χ4n) is 2.77. The lowest BCUT2D eigenvalue weighted by Gasteiger charge is -2.40. The van der Waals surface area contributed by atoms with Crippen LogP contribution in [0.3, 0.4) is 0 Å². The van der Waals surface area contributed by atoms with Crippen LogP contribution in [0.2, 0.25) is 0 Å². The van der Waals surface area contributed by atoms with Gasteiger partial charge >= 0.3 is 0 Å². The number of rotatable bonds is 3. The molecule has 2 saturated heterocycles. The van der Waals surface area contributed by atoms with Crippen molar-refractivity contribution < 1.29 is 9.47 Å². The fourth-order valence-corrected chi connectivity index (χ4v) is 2.77. The Bertz CT molecular complexity index is 229. The molecule has 2 N–H and O–H groups in total. The summed E-state index contributed by atoms with van der Waals surface area (Å²) < 4.78 is 11.4. The molecule has 0 aliphatic carbocycles. The summed E-state index contributed by atoms with van der Waals surface area (Å²) in [4.78, 5) is 2.46. The molecule has 17 heavy (non-hydrogen) atoms. The monoisotopic (exact) mass is 242 g/mol. The third-order valence-electron chi connectivity index (χ3n) is 4.02. The van der Waals surface area contributed by atoms with Gasteiger partial charge in [-0.2, -0.15) is 0 Å². The van der Waals surface area contributed by atoms with Gasteiger partial charge in [-0.05, 0) is 26.7 Å². The molecule has 4 nitrogen and oxygen atoms in total. The molecule has 0 bridgehead atoms. The minimum atomic E-state index is 0.122. The van der Waals surface area contributed by atoms with Gasteiger partial charge in [-0.1, -0.05) is 0 Å². The van der Waals surface area contributed by atoms with Gasteiger partial charge in [0.15, 0.2) is 0 Å². The Kier molecular flexibility index (Phi) is 4.79. The average molecular weight is 242 g/mol.